The number of aliphatic carboxylic acids is 1. The molecule has 0 bridgehead atoms. The highest BCUT2D eigenvalue weighted by atomic mass is 16.4. The van der Waals surface area contributed by atoms with E-state index in [1.54, 1.807) is 0 Å². The number of guanidine groups is 1. The molecule has 1 amide bonds. The van der Waals surface area contributed by atoms with E-state index in [1.165, 1.54) is 6.42 Å². The summed E-state index contributed by atoms with van der Waals surface area (Å²) in [5.41, 5.74) is 0. The van der Waals surface area contributed by atoms with Crippen LogP contribution in [0.15, 0.2) is 4.99 Å². The number of nitrogens with zero attached hydrogens (tertiary/aromatic N) is 2. The topological polar surface area (TPSA) is 82.0 Å². The van der Waals surface area contributed by atoms with Crippen LogP contribution in [0.2, 0.25) is 0 Å². The maximum Gasteiger partial charge on any atom is 0.304 e. The molecule has 2 rings (SSSR count). The van der Waals surface area contributed by atoms with E-state index in [-0.39, 0.29) is 18.9 Å². The van der Waals surface area contributed by atoms with Crippen LogP contribution in [-0.2, 0) is 9.59 Å². The van der Waals surface area contributed by atoms with E-state index in [4.69, 9.17) is 5.11 Å². The van der Waals surface area contributed by atoms with Gasteiger partial charge in [-0.2, -0.15) is 0 Å². The average molecular weight is 239 g/mol. The maximum atomic E-state index is 11.7. The van der Waals surface area contributed by atoms with Crippen LogP contribution in [0.1, 0.15) is 25.7 Å². The summed E-state index contributed by atoms with van der Waals surface area (Å²) >= 11 is 0. The Morgan fingerprint density at radius 3 is 2.71 bits per heavy atom. The first kappa shape index (κ1) is 11.9. The van der Waals surface area contributed by atoms with Gasteiger partial charge < -0.3 is 10.0 Å². The fourth-order valence-corrected chi connectivity index (χ4v) is 2.18. The van der Waals surface area contributed by atoms with Gasteiger partial charge in [0, 0.05) is 13.1 Å². The Morgan fingerprint density at radius 2 is 2.12 bits per heavy atom. The molecule has 0 aliphatic carbocycles. The lowest BCUT2D eigenvalue weighted by molar-refractivity contribution is -0.140. The molecule has 0 aromatic carbocycles. The highest BCUT2D eigenvalue weighted by molar-refractivity contribution is 6.00. The van der Waals surface area contributed by atoms with Gasteiger partial charge in [0.2, 0.25) is 11.9 Å². The number of amides is 1. The molecule has 1 saturated heterocycles. The second kappa shape index (κ2) is 5.16. The molecule has 6 nitrogen and oxygen atoms in total. The Kier molecular flexibility index (Phi) is 3.61. The molecule has 0 aromatic heterocycles. The molecule has 2 N–H and O–H groups in total. The van der Waals surface area contributed by atoms with Crippen molar-refractivity contribution in [1.29, 1.82) is 0 Å². The van der Waals surface area contributed by atoms with Gasteiger partial charge in [-0.3, -0.25) is 19.9 Å². The van der Waals surface area contributed by atoms with E-state index >= 15 is 0 Å². The van der Waals surface area contributed by atoms with Crippen molar-refractivity contribution in [3.63, 3.8) is 0 Å². The van der Waals surface area contributed by atoms with E-state index in [2.05, 4.69) is 15.2 Å². The molecule has 2 aliphatic rings. The smallest absolute Gasteiger partial charge is 0.304 e. The number of piperidine rings is 1. The third-order valence-corrected chi connectivity index (χ3v) is 3.14. The van der Waals surface area contributed by atoms with Crippen LogP contribution in [0.5, 0.6) is 0 Å². The molecule has 2 heterocycles. The van der Waals surface area contributed by atoms with Crippen molar-refractivity contribution >= 4 is 17.8 Å². The van der Waals surface area contributed by atoms with Crippen LogP contribution in [0.3, 0.4) is 0 Å². The maximum absolute atomic E-state index is 11.7. The molecule has 17 heavy (non-hydrogen) atoms. The quantitative estimate of drug-likeness (QED) is 0.713. The molecule has 2 aliphatic heterocycles. The molecule has 0 spiro atoms. The molecule has 0 aromatic rings. The summed E-state index contributed by atoms with van der Waals surface area (Å²) in [6.07, 6.45) is 3.31. The number of aliphatic imine (C=N–C) groups is 1. The van der Waals surface area contributed by atoms with Crippen molar-refractivity contribution in [1.82, 2.24) is 10.2 Å². The van der Waals surface area contributed by atoms with E-state index in [1.807, 2.05) is 0 Å². The van der Waals surface area contributed by atoms with Gasteiger partial charge in [0.1, 0.15) is 0 Å². The first-order chi connectivity index (χ1) is 8.16. The van der Waals surface area contributed by atoms with Gasteiger partial charge in [-0.25, -0.2) is 0 Å². The Balaban J connectivity index is 1.96. The molecular weight excluding hydrogens is 222 g/mol. The van der Waals surface area contributed by atoms with Crippen LogP contribution in [0.25, 0.3) is 0 Å². The van der Waals surface area contributed by atoms with E-state index < -0.39 is 11.9 Å². The second-order valence-electron chi connectivity index (χ2n) is 4.50. The highest BCUT2D eigenvalue weighted by Crippen LogP contribution is 2.13. The largest absolute Gasteiger partial charge is 0.481 e. The van der Waals surface area contributed by atoms with Gasteiger partial charge in [-0.15, -0.1) is 0 Å². The van der Waals surface area contributed by atoms with Crippen molar-refractivity contribution in [3.8, 4) is 0 Å². The van der Waals surface area contributed by atoms with Crippen LogP contribution < -0.4 is 5.32 Å². The fraction of sp³-hybridized carbons (Fsp3) is 0.727. The predicted octanol–water partition coefficient (Wildman–Crippen LogP) is 0.0490. The molecule has 94 valence electrons. The summed E-state index contributed by atoms with van der Waals surface area (Å²) in [6.45, 7) is 2.12. The lowest BCUT2D eigenvalue weighted by Gasteiger charge is -2.32. The standard InChI is InChI=1S/C11H17N3O3/c15-9(16)6-8-7-12-11(13-10(8)17)14-4-2-1-3-5-14/h8H,1-7H2,(H,15,16)(H,12,13,17)/t8-/m1/s1. The number of hydrogen-bond acceptors (Lipinski definition) is 4. The first-order valence-electron chi connectivity index (χ1n) is 5.99. The molecule has 0 saturated carbocycles. The van der Waals surface area contributed by atoms with Crippen molar-refractivity contribution in [2.75, 3.05) is 19.6 Å². The number of carbonyl (C=O) groups is 2. The van der Waals surface area contributed by atoms with Crippen molar-refractivity contribution in [2.45, 2.75) is 25.7 Å². The molecule has 6 heteroatoms. The summed E-state index contributed by atoms with van der Waals surface area (Å²) in [4.78, 5) is 28.6. The number of carboxylic acids is 1. The Bertz CT molecular complexity index is 348. The molecule has 0 unspecified atom stereocenters. The van der Waals surface area contributed by atoms with Crippen LogP contribution in [0.4, 0.5) is 0 Å². The fourth-order valence-electron chi connectivity index (χ4n) is 2.18. The summed E-state index contributed by atoms with van der Waals surface area (Å²) < 4.78 is 0. The van der Waals surface area contributed by atoms with Crippen LogP contribution in [-0.4, -0.2) is 47.5 Å². The number of carbonyl (C=O) groups excluding carboxylic acids is 1. The van der Waals surface area contributed by atoms with Gasteiger partial charge in [0.05, 0.1) is 18.9 Å². The lowest BCUT2D eigenvalue weighted by Crippen LogP contribution is -2.51. The highest BCUT2D eigenvalue weighted by Gasteiger charge is 2.28. The number of rotatable bonds is 2. The van der Waals surface area contributed by atoms with Crippen LogP contribution in [0, 0.1) is 5.92 Å². The number of carboxylic acid groups (broad SMARTS) is 1. The minimum absolute atomic E-state index is 0.150. The zero-order chi connectivity index (χ0) is 12.3. The normalized spacial score (nSPS) is 25.2. The SMILES string of the molecule is O=C(O)C[C@@H]1CN=C(N2CCCCC2)NC1=O. The Morgan fingerprint density at radius 1 is 1.41 bits per heavy atom. The Labute approximate surface area is 99.7 Å². The monoisotopic (exact) mass is 239 g/mol. The minimum atomic E-state index is -0.957. The third-order valence-electron chi connectivity index (χ3n) is 3.14. The first-order valence-corrected chi connectivity index (χ1v) is 5.99. The molecule has 1 fully saturated rings. The predicted molar refractivity (Wildman–Crippen MR) is 61.6 cm³/mol. The van der Waals surface area contributed by atoms with Crippen LogP contribution >= 0.6 is 0 Å². The van der Waals surface area contributed by atoms with Gasteiger partial charge in [0.25, 0.3) is 0 Å². The summed E-state index contributed by atoms with van der Waals surface area (Å²) in [7, 11) is 0. The minimum Gasteiger partial charge on any atom is -0.481 e. The number of hydrogen-bond donors (Lipinski definition) is 2. The van der Waals surface area contributed by atoms with Crippen molar-refractivity contribution < 1.29 is 14.7 Å². The summed E-state index contributed by atoms with van der Waals surface area (Å²) in [6, 6.07) is 0. The lowest BCUT2D eigenvalue weighted by atomic mass is 10.0. The van der Waals surface area contributed by atoms with E-state index in [9.17, 15) is 9.59 Å². The van der Waals surface area contributed by atoms with Gasteiger partial charge in [-0.05, 0) is 19.3 Å². The summed E-state index contributed by atoms with van der Waals surface area (Å²) in [5, 5.41) is 11.4. The molecular formula is C11H17N3O3. The third kappa shape index (κ3) is 2.95. The van der Waals surface area contributed by atoms with Gasteiger partial charge >= 0.3 is 5.97 Å². The average Bonchev–Trinajstić information content (AvgIpc) is 2.32. The van der Waals surface area contributed by atoms with E-state index in [0.29, 0.717) is 5.96 Å². The summed E-state index contributed by atoms with van der Waals surface area (Å²) in [5.74, 6) is -1.08. The molecule has 0 radical (unpaired) electrons. The van der Waals surface area contributed by atoms with Crippen molar-refractivity contribution in [3.05, 3.63) is 0 Å². The van der Waals surface area contributed by atoms with Gasteiger partial charge in [-0.1, -0.05) is 0 Å². The zero-order valence-corrected chi connectivity index (χ0v) is 9.69. The number of likely N-dealkylation sites (tertiary alicyclic amines) is 1. The zero-order valence-electron chi connectivity index (χ0n) is 9.69. The van der Waals surface area contributed by atoms with Crippen molar-refractivity contribution in [2.24, 2.45) is 10.9 Å². The molecule has 1 atom stereocenters. The van der Waals surface area contributed by atoms with E-state index in [0.717, 1.165) is 25.9 Å². The Hall–Kier alpha value is -1.59. The van der Waals surface area contributed by atoms with Gasteiger partial charge in [0.15, 0.2) is 0 Å². The second-order valence-corrected chi connectivity index (χ2v) is 4.50. The number of nitrogens with one attached hydrogen (secondary N) is 1.